The highest BCUT2D eigenvalue weighted by Crippen LogP contribution is 2.28. The van der Waals surface area contributed by atoms with E-state index in [0.717, 1.165) is 0 Å². The molecule has 2 aromatic rings. The van der Waals surface area contributed by atoms with Crippen LogP contribution in [0.5, 0.6) is 0 Å². The lowest BCUT2D eigenvalue weighted by Crippen LogP contribution is -2.19. The van der Waals surface area contributed by atoms with E-state index < -0.39 is 0 Å². The average molecular weight is 333 g/mol. The lowest BCUT2D eigenvalue weighted by atomic mass is 10.2. The average Bonchev–Trinajstić information content (AvgIpc) is 2.81. The number of amidine groups is 1. The number of carbonyl (C=O) groups is 1. The van der Waals surface area contributed by atoms with E-state index in [1.165, 1.54) is 23.9 Å². The van der Waals surface area contributed by atoms with Crippen molar-refractivity contribution in [3.63, 3.8) is 0 Å². The van der Waals surface area contributed by atoms with Crippen molar-refractivity contribution in [3.8, 4) is 0 Å². The molecule has 3 rings (SSSR count). The highest BCUT2D eigenvalue weighted by Gasteiger charge is 2.23. The Balaban J connectivity index is 1.82. The van der Waals surface area contributed by atoms with E-state index in [9.17, 15) is 9.18 Å². The van der Waals surface area contributed by atoms with Crippen LogP contribution in [0.25, 0.3) is 6.08 Å². The molecule has 110 valence electrons. The van der Waals surface area contributed by atoms with Crippen molar-refractivity contribution in [3.05, 3.63) is 69.8 Å². The number of hydrogen-bond acceptors (Lipinski definition) is 3. The van der Waals surface area contributed by atoms with E-state index in [0.29, 0.717) is 26.3 Å². The molecular formula is C16H10ClFN2OS. The van der Waals surface area contributed by atoms with Crippen LogP contribution in [0.1, 0.15) is 5.56 Å². The molecule has 0 unspecified atom stereocenters. The molecule has 1 amide bonds. The van der Waals surface area contributed by atoms with Crippen molar-refractivity contribution in [2.75, 3.05) is 0 Å². The molecule has 0 aliphatic carbocycles. The van der Waals surface area contributed by atoms with Gasteiger partial charge in [0, 0.05) is 5.02 Å². The van der Waals surface area contributed by atoms with Gasteiger partial charge in [-0.25, -0.2) is 9.38 Å². The molecule has 0 atom stereocenters. The topological polar surface area (TPSA) is 41.5 Å². The fraction of sp³-hybridized carbons (Fsp3) is 0. The Bertz CT molecular complexity index is 787. The van der Waals surface area contributed by atoms with Crippen LogP contribution < -0.4 is 5.32 Å². The minimum Gasteiger partial charge on any atom is -0.300 e. The van der Waals surface area contributed by atoms with Gasteiger partial charge >= 0.3 is 0 Å². The lowest BCUT2D eigenvalue weighted by Gasteiger charge is -1.96. The predicted molar refractivity (Wildman–Crippen MR) is 88.7 cm³/mol. The molecule has 1 heterocycles. The zero-order valence-corrected chi connectivity index (χ0v) is 12.8. The number of rotatable bonds is 2. The molecule has 1 N–H and O–H groups in total. The zero-order chi connectivity index (χ0) is 15.5. The smallest absolute Gasteiger partial charge is 0.264 e. The lowest BCUT2D eigenvalue weighted by molar-refractivity contribution is -0.115. The number of thioether (sulfide) groups is 1. The Morgan fingerprint density at radius 3 is 2.68 bits per heavy atom. The summed E-state index contributed by atoms with van der Waals surface area (Å²) in [6.07, 6.45) is 1.63. The first kappa shape index (κ1) is 14.8. The molecule has 1 saturated heterocycles. The van der Waals surface area contributed by atoms with Gasteiger partial charge in [-0.15, -0.1) is 0 Å². The monoisotopic (exact) mass is 332 g/mol. The summed E-state index contributed by atoms with van der Waals surface area (Å²) in [6, 6.07) is 13.0. The number of aliphatic imine (C=N–C) groups is 1. The Hall–Kier alpha value is -2.11. The van der Waals surface area contributed by atoms with E-state index in [1.54, 1.807) is 42.5 Å². The third-order valence-corrected chi connectivity index (χ3v) is 4.02. The molecule has 1 aliphatic heterocycles. The second-order valence-corrected chi connectivity index (χ2v) is 5.98. The summed E-state index contributed by atoms with van der Waals surface area (Å²) >= 11 is 7.03. The summed E-state index contributed by atoms with van der Waals surface area (Å²) in [5.41, 5.74) is 1.32. The Morgan fingerprint density at radius 1 is 1.18 bits per heavy atom. The second kappa shape index (κ2) is 6.34. The maximum Gasteiger partial charge on any atom is 0.264 e. The zero-order valence-electron chi connectivity index (χ0n) is 11.2. The molecule has 1 aliphatic rings. The molecule has 0 spiro atoms. The maximum atomic E-state index is 13.2. The number of halogens is 2. The maximum absolute atomic E-state index is 13.2. The van der Waals surface area contributed by atoms with Gasteiger partial charge in [0.05, 0.1) is 10.6 Å². The van der Waals surface area contributed by atoms with Gasteiger partial charge < -0.3 is 5.32 Å². The quantitative estimate of drug-likeness (QED) is 0.830. The predicted octanol–water partition coefficient (Wildman–Crippen LogP) is 4.37. The normalized spacial score (nSPS) is 18.0. The molecular weight excluding hydrogens is 323 g/mol. The van der Waals surface area contributed by atoms with Crippen LogP contribution in [-0.4, -0.2) is 11.1 Å². The molecule has 0 aromatic heterocycles. The van der Waals surface area contributed by atoms with Crippen molar-refractivity contribution in [1.82, 2.24) is 5.32 Å². The fourth-order valence-corrected chi connectivity index (χ4v) is 2.83. The van der Waals surface area contributed by atoms with Crippen LogP contribution in [0.15, 0.2) is 58.4 Å². The van der Waals surface area contributed by atoms with Crippen molar-refractivity contribution in [2.24, 2.45) is 4.99 Å². The largest absolute Gasteiger partial charge is 0.300 e. The molecule has 1 fully saturated rings. The first-order chi connectivity index (χ1) is 10.6. The summed E-state index contributed by atoms with van der Waals surface area (Å²) < 4.78 is 13.2. The van der Waals surface area contributed by atoms with Crippen LogP contribution in [0, 0.1) is 5.82 Å². The van der Waals surface area contributed by atoms with Gasteiger partial charge in [-0.05, 0) is 59.8 Å². The number of benzene rings is 2. The van der Waals surface area contributed by atoms with Gasteiger partial charge in [0.15, 0.2) is 5.17 Å². The highest BCUT2D eigenvalue weighted by molar-refractivity contribution is 8.18. The SMILES string of the molecule is O=C1NC(=Nc2ccc(Cl)cc2)S/C1=C\c1cccc(F)c1. The van der Waals surface area contributed by atoms with Crippen molar-refractivity contribution < 1.29 is 9.18 Å². The standard InChI is InChI=1S/C16H10ClFN2OS/c17-11-4-6-13(7-5-11)19-16-20-15(21)14(22-16)9-10-2-1-3-12(18)8-10/h1-9H,(H,19,20,21)/b14-9-. The number of nitrogens with one attached hydrogen (secondary N) is 1. The summed E-state index contributed by atoms with van der Waals surface area (Å²) in [4.78, 5) is 16.7. The Morgan fingerprint density at radius 2 is 1.95 bits per heavy atom. The van der Waals surface area contributed by atoms with Crippen molar-refractivity contribution >= 4 is 46.2 Å². The van der Waals surface area contributed by atoms with E-state index in [2.05, 4.69) is 10.3 Å². The summed E-state index contributed by atoms with van der Waals surface area (Å²) in [6.45, 7) is 0. The van der Waals surface area contributed by atoms with Gasteiger partial charge in [-0.3, -0.25) is 4.79 Å². The summed E-state index contributed by atoms with van der Waals surface area (Å²) in [7, 11) is 0. The third-order valence-electron chi connectivity index (χ3n) is 2.85. The number of hydrogen-bond donors (Lipinski definition) is 1. The van der Waals surface area contributed by atoms with Gasteiger partial charge in [0.2, 0.25) is 0 Å². The van der Waals surface area contributed by atoms with E-state index in [1.807, 2.05) is 0 Å². The summed E-state index contributed by atoms with van der Waals surface area (Å²) in [5, 5.41) is 3.79. The van der Waals surface area contributed by atoms with Gasteiger partial charge in [-0.2, -0.15) is 0 Å². The third kappa shape index (κ3) is 3.55. The second-order valence-electron chi connectivity index (χ2n) is 4.51. The van der Waals surface area contributed by atoms with E-state index in [4.69, 9.17) is 11.6 Å². The minimum atomic E-state index is -0.340. The van der Waals surface area contributed by atoms with Crippen LogP contribution in [0.3, 0.4) is 0 Å². The molecule has 22 heavy (non-hydrogen) atoms. The number of nitrogens with zero attached hydrogens (tertiary/aromatic N) is 1. The van der Waals surface area contributed by atoms with Gasteiger partial charge in [-0.1, -0.05) is 23.7 Å². The summed E-state index contributed by atoms with van der Waals surface area (Å²) in [5.74, 6) is -0.588. The number of carbonyl (C=O) groups excluding carboxylic acids is 1. The van der Waals surface area contributed by atoms with E-state index >= 15 is 0 Å². The van der Waals surface area contributed by atoms with Crippen molar-refractivity contribution in [1.29, 1.82) is 0 Å². The molecule has 6 heteroatoms. The Kier molecular flexibility index (Phi) is 4.27. The van der Waals surface area contributed by atoms with Crippen molar-refractivity contribution in [2.45, 2.75) is 0 Å². The van der Waals surface area contributed by atoms with Crippen LogP contribution in [-0.2, 0) is 4.79 Å². The minimum absolute atomic E-state index is 0.248. The van der Waals surface area contributed by atoms with Crippen LogP contribution >= 0.6 is 23.4 Å². The number of amides is 1. The highest BCUT2D eigenvalue weighted by atomic mass is 35.5. The molecule has 2 aromatic carbocycles. The molecule has 0 radical (unpaired) electrons. The molecule has 0 saturated carbocycles. The Labute approximate surface area is 135 Å². The first-order valence-corrected chi connectivity index (χ1v) is 7.60. The van der Waals surface area contributed by atoms with Gasteiger partial charge in [0.1, 0.15) is 5.82 Å². The fourth-order valence-electron chi connectivity index (χ4n) is 1.86. The van der Waals surface area contributed by atoms with Crippen LogP contribution in [0.2, 0.25) is 5.02 Å². The van der Waals surface area contributed by atoms with Gasteiger partial charge in [0.25, 0.3) is 5.91 Å². The molecule has 3 nitrogen and oxygen atoms in total. The van der Waals surface area contributed by atoms with Crippen LogP contribution in [0.4, 0.5) is 10.1 Å². The molecule has 0 bridgehead atoms. The van der Waals surface area contributed by atoms with E-state index in [-0.39, 0.29) is 11.7 Å². The first-order valence-electron chi connectivity index (χ1n) is 6.41.